The van der Waals surface area contributed by atoms with Crippen LogP contribution in [0.25, 0.3) is 0 Å². The summed E-state index contributed by atoms with van der Waals surface area (Å²) in [5, 5.41) is 3.12. The second kappa shape index (κ2) is 5.16. The zero-order chi connectivity index (χ0) is 13.3. The molecule has 2 aromatic rings. The quantitative estimate of drug-likeness (QED) is 0.887. The van der Waals surface area contributed by atoms with Gasteiger partial charge in [0.15, 0.2) is 0 Å². The van der Waals surface area contributed by atoms with Crippen molar-refractivity contribution in [1.82, 2.24) is 5.32 Å². The third-order valence-corrected chi connectivity index (χ3v) is 3.88. The highest BCUT2D eigenvalue weighted by Gasteiger charge is 2.17. The molecule has 18 heavy (non-hydrogen) atoms. The molecule has 2 rings (SSSR count). The molecule has 0 saturated heterocycles. The highest BCUT2D eigenvalue weighted by atomic mass is 32.1. The van der Waals surface area contributed by atoms with Gasteiger partial charge in [-0.3, -0.25) is 0 Å². The minimum absolute atomic E-state index is 0.180. The molecule has 1 heterocycles. The average molecular weight is 267 g/mol. The van der Waals surface area contributed by atoms with Gasteiger partial charge in [0.25, 0.3) is 0 Å². The lowest BCUT2D eigenvalue weighted by Crippen LogP contribution is -2.18. The van der Waals surface area contributed by atoms with Crippen LogP contribution in [0.15, 0.2) is 24.3 Å². The molecule has 96 valence electrons. The predicted octanol–water partition coefficient (Wildman–Crippen LogP) is 3.95. The van der Waals surface area contributed by atoms with E-state index in [1.54, 1.807) is 18.4 Å². The van der Waals surface area contributed by atoms with E-state index in [2.05, 4.69) is 11.4 Å². The Labute approximate surface area is 109 Å². The molecular weight excluding hydrogens is 252 g/mol. The van der Waals surface area contributed by atoms with Crippen LogP contribution < -0.4 is 5.32 Å². The first kappa shape index (κ1) is 13.2. The first-order valence-electron chi connectivity index (χ1n) is 5.71. The first-order valence-corrected chi connectivity index (χ1v) is 6.53. The van der Waals surface area contributed by atoms with Crippen molar-refractivity contribution in [1.29, 1.82) is 0 Å². The third kappa shape index (κ3) is 2.60. The van der Waals surface area contributed by atoms with Gasteiger partial charge < -0.3 is 5.32 Å². The second-order valence-corrected chi connectivity index (χ2v) is 5.75. The van der Waals surface area contributed by atoms with Gasteiger partial charge in [0.2, 0.25) is 0 Å². The van der Waals surface area contributed by atoms with E-state index in [-0.39, 0.29) is 6.04 Å². The number of benzene rings is 1. The van der Waals surface area contributed by atoms with E-state index >= 15 is 0 Å². The number of thiophene rings is 1. The van der Waals surface area contributed by atoms with Gasteiger partial charge in [0.1, 0.15) is 11.6 Å². The van der Waals surface area contributed by atoms with Gasteiger partial charge in [-0.2, -0.15) is 0 Å². The second-order valence-electron chi connectivity index (χ2n) is 4.29. The molecular formula is C14H15F2NS. The standard InChI is InChI=1S/C14H15F2NS/c1-8-4-13(9(2)18-8)14(17-3)10-5-11(15)7-12(16)6-10/h4-7,14,17H,1-3H3. The Morgan fingerprint density at radius 2 is 1.67 bits per heavy atom. The van der Waals surface area contributed by atoms with Gasteiger partial charge >= 0.3 is 0 Å². The van der Waals surface area contributed by atoms with Gasteiger partial charge in [0.05, 0.1) is 6.04 Å². The molecule has 0 amide bonds. The van der Waals surface area contributed by atoms with Crippen molar-refractivity contribution >= 4 is 11.3 Å². The smallest absolute Gasteiger partial charge is 0.126 e. The SMILES string of the molecule is CNC(c1cc(F)cc(F)c1)c1cc(C)sc1C. The average Bonchev–Trinajstić information content (AvgIpc) is 2.58. The molecule has 0 aliphatic rings. The normalized spacial score (nSPS) is 12.7. The van der Waals surface area contributed by atoms with Crippen LogP contribution in [-0.4, -0.2) is 7.05 Å². The summed E-state index contributed by atoms with van der Waals surface area (Å²) < 4.78 is 26.6. The van der Waals surface area contributed by atoms with Crippen molar-refractivity contribution in [2.24, 2.45) is 0 Å². The van der Waals surface area contributed by atoms with E-state index in [1.165, 1.54) is 17.0 Å². The molecule has 1 atom stereocenters. The minimum atomic E-state index is -0.546. The topological polar surface area (TPSA) is 12.0 Å². The van der Waals surface area contributed by atoms with E-state index in [0.717, 1.165) is 16.5 Å². The molecule has 0 aliphatic heterocycles. The van der Waals surface area contributed by atoms with E-state index in [9.17, 15) is 8.78 Å². The Balaban J connectivity index is 2.48. The lowest BCUT2D eigenvalue weighted by molar-refractivity contribution is 0.571. The molecule has 1 aromatic carbocycles. The summed E-state index contributed by atoms with van der Waals surface area (Å²) in [6, 6.07) is 5.51. The molecule has 1 nitrogen and oxygen atoms in total. The summed E-state index contributed by atoms with van der Waals surface area (Å²) in [6.07, 6.45) is 0. The minimum Gasteiger partial charge on any atom is -0.309 e. The zero-order valence-electron chi connectivity index (χ0n) is 10.6. The van der Waals surface area contributed by atoms with Crippen LogP contribution >= 0.6 is 11.3 Å². The Kier molecular flexibility index (Phi) is 3.78. The summed E-state index contributed by atoms with van der Waals surface area (Å²) in [7, 11) is 1.79. The summed E-state index contributed by atoms with van der Waals surface area (Å²) in [6.45, 7) is 4.05. The van der Waals surface area contributed by atoms with Gasteiger partial charge in [-0.25, -0.2) is 8.78 Å². The van der Waals surface area contributed by atoms with E-state index < -0.39 is 11.6 Å². The monoisotopic (exact) mass is 267 g/mol. The number of halogens is 2. The number of hydrogen-bond donors (Lipinski definition) is 1. The zero-order valence-corrected chi connectivity index (χ0v) is 11.4. The largest absolute Gasteiger partial charge is 0.309 e. The maximum absolute atomic E-state index is 13.3. The van der Waals surface area contributed by atoms with Crippen molar-refractivity contribution in [3.8, 4) is 0 Å². The molecule has 0 saturated carbocycles. The fourth-order valence-corrected chi connectivity index (χ4v) is 3.14. The fourth-order valence-electron chi connectivity index (χ4n) is 2.18. The summed E-state index contributed by atoms with van der Waals surface area (Å²) >= 11 is 1.69. The molecule has 0 aliphatic carbocycles. The van der Waals surface area contributed by atoms with Crippen LogP contribution in [0.3, 0.4) is 0 Å². The van der Waals surface area contributed by atoms with E-state index in [1.807, 2.05) is 13.8 Å². The Morgan fingerprint density at radius 1 is 1.06 bits per heavy atom. The maximum atomic E-state index is 13.3. The lowest BCUT2D eigenvalue weighted by atomic mass is 9.99. The number of nitrogens with one attached hydrogen (secondary N) is 1. The Morgan fingerprint density at radius 3 is 2.11 bits per heavy atom. The molecule has 1 aromatic heterocycles. The summed E-state index contributed by atoms with van der Waals surface area (Å²) in [5.74, 6) is -1.09. The van der Waals surface area contributed by atoms with E-state index in [4.69, 9.17) is 0 Å². The molecule has 1 unspecified atom stereocenters. The van der Waals surface area contributed by atoms with Gasteiger partial charge in [-0.15, -0.1) is 11.3 Å². The Hall–Kier alpha value is -1.26. The first-order chi connectivity index (χ1) is 8.51. The van der Waals surface area contributed by atoms with Crippen LogP contribution in [-0.2, 0) is 0 Å². The molecule has 0 radical (unpaired) electrons. The van der Waals surface area contributed by atoms with E-state index in [0.29, 0.717) is 5.56 Å². The predicted molar refractivity (Wildman–Crippen MR) is 71.1 cm³/mol. The number of rotatable bonds is 3. The van der Waals surface area contributed by atoms with Crippen LogP contribution in [0, 0.1) is 25.5 Å². The fraction of sp³-hybridized carbons (Fsp3) is 0.286. The van der Waals surface area contributed by atoms with Crippen molar-refractivity contribution in [3.63, 3.8) is 0 Å². The third-order valence-electron chi connectivity index (χ3n) is 2.90. The van der Waals surface area contributed by atoms with Crippen LogP contribution in [0.2, 0.25) is 0 Å². The van der Waals surface area contributed by atoms with Gasteiger partial charge in [-0.1, -0.05) is 0 Å². The highest BCUT2D eigenvalue weighted by Crippen LogP contribution is 2.31. The highest BCUT2D eigenvalue weighted by molar-refractivity contribution is 7.12. The molecule has 1 N–H and O–H groups in total. The van der Waals surface area contributed by atoms with Crippen molar-refractivity contribution in [2.45, 2.75) is 19.9 Å². The van der Waals surface area contributed by atoms with Crippen LogP contribution in [0.5, 0.6) is 0 Å². The lowest BCUT2D eigenvalue weighted by Gasteiger charge is -2.17. The van der Waals surface area contributed by atoms with Crippen LogP contribution in [0.1, 0.15) is 26.9 Å². The maximum Gasteiger partial charge on any atom is 0.126 e. The van der Waals surface area contributed by atoms with Gasteiger partial charge in [-0.05, 0) is 50.2 Å². The molecule has 0 spiro atoms. The van der Waals surface area contributed by atoms with Crippen molar-refractivity contribution in [3.05, 3.63) is 56.8 Å². The van der Waals surface area contributed by atoms with Crippen LogP contribution in [0.4, 0.5) is 8.78 Å². The number of hydrogen-bond acceptors (Lipinski definition) is 2. The Bertz CT molecular complexity index is 543. The molecule has 0 fully saturated rings. The summed E-state index contributed by atoms with van der Waals surface area (Å²) in [4.78, 5) is 2.36. The molecule has 4 heteroatoms. The molecule has 0 bridgehead atoms. The van der Waals surface area contributed by atoms with Crippen molar-refractivity contribution in [2.75, 3.05) is 7.05 Å². The van der Waals surface area contributed by atoms with Gasteiger partial charge in [0, 0.05) is 15.8 Å². The van der Waals surface area contributed by atoms with Crippen molar-refractivity contribution < 1.29 is 8.78 Å². The summed E-state index contributed by atoms with van der Waals surface area (Å²) in [5.41, 5.74) is 1.68. The number of aryl methyl sites for hydroxylation is 2.